The van der Waals surface area contributed by atoms with Gasteiger partial charge in [0.05, 0.1) is 0 Å². The first-order valence-electron chi connectivity index (χ1n) is 2.98. The van der Waals surface area contributed by atoms with Crippen LogP contribution in [-0.4, -0.2) is 12.1 Å². The summed E-state index contributed by atoms with van der Waals surface area (Å²) >= 11 is 0. The second-order valence-electron chi connectivity index (χ2n) is 2.73. The van der Waals surface area contributed by atoms with E-state index in [0.29, 0.717) is 0 Å². The first-order chi connectivity index (χ1) is 3.22. The molecule has 2 atom stereocenters. The van der Waals surface area contributed by atoms with E-state index in [1.54, 1.807) is 0 Å². The molecule has 7 heavy (non-hydrogen) atoms. The molecule has 42 valence electrons. The molecule has 0 aromatic rings. The van der Waals surface area contributed by atoms with Gasteiger partial charge < -0.3 is 5.32 Å². The number of hydrogen-bond donors (Lipinski definition) is 1. The highest BCUT2D eigenvalue weighted by Gasteiger charge is 2.33. The molecule has 1 heteroatoms. The van der Waals surface area contributed by atoms with Crippen LogP contribution in [0.2, 0.25) is 0 Å². The maximum Gasteiger partial charge on any atom is 0.0244 e. The summed E-state index contributed by atoms with van der Waals surface area (Å²) in [6.45, 7) is 6.73. The van der Waals surface area contributed by atoms with Crippen LogP contribution in [0.1, 0.15) is 20.8 Å². The minimum absolute atomic E-state index is 0.792. The molecule has 1 aliphatic rings. The van der Waals surface area contributed by atoms with Crippen molar-refractivity contribution in [3.05, 3.63) is 0 Å². The normalized spacial score (nSPS) is 39.4. The maximum absolute atomic E-state index is 3.33. The van der Waals surface area contributed by atoms with Crippen LogP contribution >= 0.6 is 0 Å². The maximum atomic E-state index is 3.33. The van der Waals surface area contributed by atoms with Crippen LogP contribution in [0.3, 0.4) is 0 Å². The fraction of sp³-hybridized carbons (Fsp3) is 1.00. The van der Waals surface area contributed by atoms with E-state index in [-0.39, 0.29) is 0 Å². The van der Waals surface area contributed by atoms with Crippen LogP contribution in [0.15, 0.2) is 0 Å². The van der Waals surface area contributed by atoms with Crippen LogP contribution in [0.25, 0.3) is 0 Å². The average molecular weight is 99.2 g/mol. The predicted molar refractivity (Wildman–Crippen MR) is 31.2 cm³/mol. The zero-order valence-corrected chi connectivity index (χ0v) is 5.23. The standard InChI is InChI=1S/C6H13N/c1-4(2)6-5(3)7-6/h4-7H,1-3H3. The van der Waals surface area contributed by atoms with Crippen LogP contribution in [0.4, 0.5) is 0 Å². The Kier molecular flexibility index (Phi) is 1.08. The van der Waals surface area contributed by atoms with E-state index < -0.39 is 0 Å². The highest BCUT2D eigenvalue weighted by Crippen LogP contribution is 2.17. The first kappa shape index (κ1) is 5.10. The van der Waals surface area contributed by atoms with Crippen molar-refractivity contribution in [2.24, 2.45) is 5.92 Å². The third-order valence-electron chi connectivity index (χ3n) is 1.60. The fourth-order valence-electron chi connectivity index (χ4n) is 1.02. The average Bonchev–Trinajstić information content (AvgIpc) is 2.17. The lowest BCUT2D eigenvalue weighted by atomic mass is 10.1. The van der Waals surface area contributed by atoms with Crippen molar-refractivity contribution in [2.75, 3.05) is 0 Å². The van der Waals surface area contributed by atoms with E-state index in [1.165, 1.54) is 0 Å². The Bertz CT molecular complexity index is 68.6. The van der Waals surface area contributed by atoms with Gasteiger partial charge in [-0.1, -0.05) is 13.8 Å². The van der Waals surface area contributed by atoms with Crippen LogP contribution in [0.5, 0.6) is 0 Å². The van der Waals surface area contributed by atoms with Crippen LogP contribution in [0, 0.1) is 5.92 Å². The van der Waals surface area contributed by atoms with Gasteiger partial charge in [-0.15, -0.1) is 0 Å². The molecule has 2 unspecified atom stereocenters. The Labute approximate surface area is 45.1 Å². The Morgan fingerprint density at radius 3 is 1.86 bits per heavy atom. The molecule has 0 spiro atoms. The number of hydrogen-bond acceptors (Lipinski definition) is 1. The van der Waals surface area contributed by atoms with Gasteiger partial charge >= 0.3 is 0 Å². The molecular formula is C6H13N. The molecule has 1 rings (SSSR count). The lowest BCUT2D eigenvalue weighted by molar-refractivity contribution is 0.621. The minimum Gasteiger partial charge on any atom is -0.308 e. The van der Waals surface area contributed by atoms with Gasteiger partial charge in [0.25, 0.3) is 0 Å². The Morgan fingerprint density at radius 2 is 1.86 bits per heavy atom. The van der Waals surface area contributed by atoms with E-state index >= 15 is 0 Å². The molecule has 0 bridgehead atoms. The van der Waals surface area contributed by atoms with Gasteiger partial charge in [-0.3, -0.25) is 0 Å². The van der Waals surface area contributed by atoms with Crippen molar-refractivity contribution in [3.8, 4) is 0 Å². The number of rotatable bonds is 1. The molecule has 1 nitrogen and oxygen atoms in total. The first-order valence-corrected chi connectivity index (χ1v) is 2.98. The molecule has 1 saturated heterocycles. The van der Waals surface area contributed by atoms with Crippen molar-refractivity contribution >= 4 is 0 Å². The second-order valence-corrected chi connectivity index (χ2v) is 2.73. The van der Waals surface area contributed by atoms with Crippen molar-refractivity contribution in [1.29, 1.82) is 0 Å². The summed E-state index contributed by atoms with van der Waals surface area (Å²) in [5, 5.41) is 3.33. The highest BCUT2D eigenvalue weighted by molar-refractivity contribution is 4.95. The Hall–Kier alpha value is -0.0400. The molecular weight excluding hydrogens is 86.1 g/mol. The monoisotopic (exact) mass is 99.1 g/mol. The molecule has 0 radical (unpaired) electrons. The SMILES string of the molecule is CC(C)C1NC1C. The fourth-order valence-corrected chi connectivity index (χ4v) is 1.02. The third-order valence-corrected chi connectivity index (χ3v) is 1.60. The van der Waals surface area contributed by atoms with E-state index in [2.05, 4.69) is 26.1 Å². The topological polar surface area (TPSA) is 21.9 Å². The van der Waals surface area contributed by atoms with E-state index in [4.69, 9.17) is 0 Å². The van der Waals surface area contributed by atoms with Crippen LogP contribution < -0.4 is 5.32 Å². The van der Waals surface area contributed by atoms with Crippen molar-refractivity contribution < 1.29 is 0 Å². The van der Waals surface area contributed by atoms with Crippen molar-refractivity contribution in [3.63, 3.8) is 0 Å². The van der Waals surface area contributed by atoms with Gasteiger partial charge in [-0.2, -0.15) is 0 Å². The largest absolute Gasteiger partial charge is 0.308 e. The van der Waals surface area contributed by atoms with Gasteiger partial charge in [0.2, 0.25) is 0 Å². The van der Waals surface area contributed by atoms with Gasteiger partial charge in [-0.05, 0) is 12.8 Å². The smallest absolute Gasteiger partial charge is 0.0244 e. The summed E-state index contributed by atoms with van der Waals surface area (Å²) in [6, 6.07) is 1.61. The molecule has 0 aliphatic carbocycles. The van der Waals surface area contributed by atoms with Gasteiger partial charge in [0, 0.05) is 12.1 Å². The summed E-state index contributed by atoms with van der Waals surface area (Å²) in [7, 11) is 0. The molecule has 1 fully saturated rings. The van der Waals surface area contributed by atoms with Crippen molar-refractivity contribution in [2.45, 2.75) is 32.9 Å². The third kappa shape index (κ3) is 0.942. The zero-order valence-electron chi connectivity index (χ0n) is 5.23. The summed E-state index contributed by atoms with van der Waals surface area (Å²) in [4.78, 5) is 0. The Morgan fingerprint density at radius 1 is 1.43 bits per heavy atom. The number of nitrogens with one attached hydrogen (secondary N) is 1. The molecule has 0 aromatic heterocycles. The van der Waals surface area contributed by atoms with Crippen LogP contribution in [-0.2, 0) is 0 Å². The molecule has 0 amide bonds. The van der Waals surface area contributed by atoms with Crippen molar-refractivity contribution in [1.82, 2.24) is 5.32 Å². The lowest BCUT2D eigenvalue weighted by Crippen LogP contribution is -2.00. The second kappa shape index (κ2) is 1.48. The Balaban J connectivity index is 2.20. The summed E-state index contributed by atoms with van der Waals surface area (Å²) in [5.74, 6) is 0.829. The lowest BCUT2D eigenvalue weighted by Gasteiger charge is -1.94. The molecule has 1 N–H and O–H groups in total. The molecule has 1 aliphatic heterocycles. The molecule has 0 saturated carbocycles. The van der Waals surface area contributed by atoms with Gasteiger partial charge in [-0.25, -0.2) is 0 Å². The van der Waals surface area contributed by atoms with E-state index in [1.807, 2.05) is 0 Å². The minimum atomic E-state index is 0.792. The predicted octanol–water partition coefficient (Wildman–Crippen LogP) is 1.00. The van der Waals surface area contributed by atoms with E-state index in [9.17, 15) is 0 Å². The van der Waals surface area contributed by atoms with Gasteiger partial charge in [0.1, 0.15) is 0 Å². The summed E-state index contributed by atoms with van der Waals surface area (Å²) in [5.41, 5.74) is 0. The summed E-state index contributed by atoms with van der Waals surface area (Å²) < 4.78 is 0. The molecule has 0 aromatic carbocycles. The van der Waals surface area contributed by atoms with E-state index in [0.717, 1.165) is 18.0 Å². The zero-order chi connectivity index (χ0) is 5.44. The quantitative estimate of drug-likeness (QED) is 0.487. The van der Waals surface area contributed by atoms with Gasteiger partial charge in [0.15, 0.2) is 0 Å². The summed E-state index contributed by atoms with van der Waals surface area (Å²) in [6.07, 6.45) is 0. The highest BCUT2D eigenvalue weighted by atomic mass is 15.1. The molecule has 1 heterocycles.